The molecule has 8 heteroatoms. The molecule has 1 aromatic carbocycles. The van der Waals surface area contributed by atoms with Crippen molar-refractivity contribution in [2.24, 2.45) is 5.92 Å². The summed E-state index contributed by atoms with van der Waals surface area (Å²) in [7, 11) is 0. The summed E-state index contributed by atoms with van der Waals surface area (Å²) in [5.74, 6) is 0.950. The van der Waals surface area contributed by atoms with Crippen molar-refractivity contribution in [3.05, 3.63) is 41.1 Å². The number of hydrogen-bond acceptors (Lipinski definition) is 6. The molecule has 2 N–H and O–H groups in total. The van der Waals surface area contributed by atoms with Crippen LogP contribution in [0.5, 0.6) is 5.75 Å². The molecule has 0 aliphatic rings. The Labute approximate surface area is 173 Å². The van der Waals surface area contributed by atoms with Gasteiger partial charge in [0.15, 0.2) is 16.5 Å². The zero-order chi connectivity index (χ0) is 21.0. The SMILES string of the molecule is CCOc1cccc2cc(C(C)NC(=O)Cc3csc(NC(=O)C(C)C)n3)oc12. The summed E-state index contributed by atoms with van der Waals surface area (Å²) >= 11 is 1.31. The molecule has 0 bridgehead atoms. The maximum atomic E-state index is 12.4. The van der Waals surface area contributed by atoms with Crippen LogP contribution in [-0.4, -0.2) is 23.4 Å². The van der Waals surface area contributed by atoms with Gasteiger partial charge < -0.3 is 19.8 Å². The highest BCUT2D eigenvalue weighted by atomic mass is 32.1. The van der Waals surface area contributed by atoms with Gasteiger partial charge in [-0.15, -0.1) is 11.3 Å². The highest BCUT2D eigenvalue weighted by Gasteiger charge is 2.17. The van der Waals surface area contributed by atoms with Crippen LogP contribution in [-0.2, 0) is 16.0 Å². The van der Waals surface area contributed by atoms with Crippen LogP contribution >= 0.6 is 11.3 Å². The molecule has 3 aromatic rings. The van der Waals surface area contributed by atoms with Gasteiger partial charge in [-0.25, -0.2) is 4.98 Å². The van der Waals surface area contributed by atoms with Crippen molar-refractivity contribution in [2.75, 3.05) is 11.9 Å². The van der Waals surface area contributed by atoms with Gasteiger partial charge in [-0.3, -0.25) is 9.59 Å². The van der Waals surface area contributed by atoms with Crippen LogP contribution in [0.1, 0.15) is 45.2 Å². The van der Waals surface area contributed by atoms with Crippen molar-refractivity contribution >= 4 is 39.3 Å². The molecule has 0 aliphatic heterocycles. The number of hydrogen-bond donors (Lipinski definition) is 2. The first-order valence-electron chi connectivity index (χ1n) is 9.57. The lowest BCUT2D eigenvalue weighted by molar-refractivity contribution is -0.121. The molecule has 0 saturated carbocycles. The zero-order valence-electron chi connectivity index (χ0n) is 16.9. The first-order valence-corrected chi connectivity index (χ1v) is 10.4. The lowest BCUT2D eigenvalue weighted by Gasteiger charge is -2.10. The van der Waals surface area contributed by atoms with Crippen molar-refractivity contribution < 1.29 is 18.7 Å². The number of amides is 2. The molecule has 3 rings (SSSR count). The summed E-state index contributed by atoms with van der Waals surface area (Å²) in [4.78, 5) is 28.5. The van der Waals surface area contributed by atoms with E-state index in [9.17, 15) is 9.59 Å². The molecule has 154 valence electrons. The molecule has 29 heavy (non-hydrogen) atoms. The number of carbonyl (C=O) groups is 2. The van der Waals surface area contributed by atoms with E-state index in [0.717, 1.165) is 5.39 Å². The number of aromatic nitrogens is 1. The maximum absolute atomic E-state index is 12.4. The van der Waals surface area contributed by atoms with E-state index in [0.29, 0.717) is 34.5 Å². The Morgan fingerprint density at radius 1 is 1.28 bits per heavy atom. The Morgan fingerprint density at radius 3 is 2.79 bits per heavy atom. The predicted molar refractivity (Wildman–Crippen MR) is 113 cm³/mol. The van der Waals surface area contributed by atoms with E-state index in [-0.39, 0.29) is 30.2 Å². The smallest absolute Gasteiger partial charge is 0.228 e. The van der Waals surface area contributed by atoms with E-state index in [4.69, 9.17) is 9.15 Å². The van der Waals surface area contributed by atoms with Gasteiger partial charge in [-0.2, -0.15) is 0 Å². The van der Waals surface area contributed by atoms with Crippen LogP contribution in [0.4, 0.5) is 5.13 Å². The molecule has 0 saturated heterocycles. The lowest BCUT2D eigenvalue weighted by atomic mass is 10.2. The Bertz CT molecular complexity index is 1010. The average Bonchev–Trinajstić information content (AvgIpc) is 3.29. The number of thiazole rings is 1. The van der Waals surface area contributed by atoms with Gasteiger partial charge in [-0.1, -0.05) is 26.0 Å². The van der Waals surface area contributed by atoms with Crippen LogP contribution in [0.3, 0.4) is 0 Å². The average molecular weight is 416 g/mol. The highest BCUT2D eigenvalue weighted by molar-refractivity contribution is 7.13. The van der Waals surface area contributed by atoms with Gasteiger partial charge in [0.05, 0.1) is 24.8 Å². The monoisotopic (exact) mass is 415 g/mol. The summed E-state index contributed by atoms with van der Waals surface area (Å²) < 4.78 is 11.5. The standard InChI is InChI=1S/C21H25N3O4S/c1-5-27-16-8-6-7-14-9-17(28-19(14)16)13(4)22-18(25)10-15-11-29-21(23-15)24-20(26)12(2)3/h6-9,11-13H,5,10H2,1-4H3,(H,22,25)(H,23,24,26). The minimum Gasteiger partial charge on any atom is -0.490 e. The molecule has 0 radical (unpaired) electrons. The molecule has 0 aliphatic carbocycles. The fraction of sp³-hybridized carbons (Fsp3) is 0.381. The van der Waals surface area contributed by atoms with E-state index >= 15 is 0 Å². The molecule has 2 amide bonds. The topological polar surface area (TPSA) is 93.5 Å². The second kappa shape index (κ2) is 9.09. The first kappa shape index (κ1) is 20.9. The van der Waals surface area contributed by atoms with Gasteiger partial charge >= 0.3 is 0 Å². The largest absolute Gasteiger partial charge is 0.490 e. The number of furan rings is 1. The molecule has 1 atom stereocenters. The number of carbonyl (C=O) groups excluding carboxylic acids is 2. The zero-order valence-corrected chi connectivity index (χ0v) is 17.8. The quantitative estimate of drug-likeness (QED) is 0.572. The summed E-state index contributed by atoms with van der Waals surface area (Å²) in [6.07, 6.45) is 0.128. The Morgan fingerprint density at radius 2 is 2.07 bits per heavy atom. The predicted octanol–water partition coefficient (Wildman–Crippen LogP) is 4.30. The van der Waals surface area contributed by atoms with E-state index in [1.807, 2.05) is 52.0 Å². The third kappa shape index (κ3) is 5.14. The summed E-state index contributed by atoms with van der Waals surface area (Å²) in [5.41, 5.74) is 1.29. The second-order valence-corrected chi connectivity index (χ2v) is 7.87. The summed E-state index contributed by atoms with van der Waals surface area (Å²) in [6.45, 7) is 7.96. The van der Waals surface area contributed by atoms with Crippen LogP contribution < -0.4 is 15.4 Å². The third-order valence-corrected chi connectivity index (χ3v) is 5.09. The Hall–Kier alpha value is -2.87. The van der Waals surface area contributed by atoms with Crippen LogP contribution in [0.15, 0.2) is 34.1 Å². The fourth-order valence-corrected chi connectivity index (χ4v) is 3.48. The highest BCUT2D eigenvalue weighted by Crippen LogP contribution is 2.31. The minimum absolute atomic E-state index is 0.0970. The lowest BCUT2D eigenvalue weighted by Crippen LogP contribution is -2.28. The maximum Gasteiger partial charge on any atom is 0.228 e. The molecular weight excluding hydrogens is 390 g/mol. The molecule has 0 fully saturated rings. The number of anilines is 1. The number of rotatable bonds is 8. The molecule has 7 nitrogen and oxygen atoms in total. The van der Waals surface area contributed by atoms with E-state index in [2.05, 4.69) is 15.6 Å². The number of fused-ring (bicyclic) bond motifs is 1. The number of nitrogens with one attached hydrogen (secondary N) is 2. The van der Waals surface area contributed by atoms with Gasteiger partial charge in [-0.05, 0) is 26.0 Å². The Balaban J connectivity index is 1.62. The van der Waals surface area contributed by atoms with E-state index < -0.39 is 0 Å². The molecular formula is C21H25N3O4S. The number of benzene rings is 1. The van der Waals surface area contributed by atoms with Crippen molar-refractivity contribution in [1.82, 2.24) is 10.3 Å². The van der Waals surface area contributed by atoms with E-state index in [1.54, 1.807) is 5.38 Å². The minimum atomic E-state index is -0.303. The van der Waals surface area contributed by atoms with Crippen molar-refractivity contribution in [2.45, 2.75) is 40.2 Å². The second-order valence-electron chi connectivity index (χ2n) is 7.01. The third-order valence-electron chi connectivity index (χ3n) is 4.28. The Kier molecular flexibility index (Phi) is 6.53. The molecule has 2 aromatic heterocycles. The van der Waals surface area contributed by atoms with Crippen molar-refractivity contribution in [1.29, 1.82) is 0 Å². The van der Waals surface area contributed by atoms with E-state index in [1.165, 1.54) is 11.3 Å². The van der Waals surface area contributed by atoms with Crippen LogP contribution in [0.2, 0.25) is 0 Å². The van der Waals surface area contributed by atoms with Gasteiger partial charge in [0.25, 0.3) is 0 Å². The normalized spacial score (nSPS) is 12.2. The van der Waals surface area contributed by atoms with Gasteiger partial charge in [0.2, 0.25) is 11.8 Å². The molecule has 1 unspecified atom stereocenters. The van der Waals surface area contributed by atoms with Crippen LogP contribution in [0, 0.1) is 5.92 Å². The van der Waals surface area contributed by atoms with Crippen molar-refractivity contribution in [3.8, 4) is 5.75 Å². The van der Waals surface area contributed by atoms with Gasteiger partial charge in [0.1, 0.15) is 5.76 Å². The fourth-order valence-electron chi connectivity index (χ4n) is 2.76. The number of para-hydroxylation sites is 1. The number of ether oxygens (including phenoxy) is 1. The van der Waals surface area contributed by atoms with Gasteiger partial charge in [0, 0.05) is 16.7 Å². The molecule has 2 heterocycles. The number of nitrogens with zero attached hydrogens (tertiary/aromatic N) is 1. The molecule has 0 spiro atoms. The van der Waals surface area contributed by atoms with Crippen LogP contribution in [0.25, 0.3) is 11.0 Å². The first-order chi connectivity index (χ1) is 13.9. The van der Waals surface area contributed by atoms with Crippen molar-refractivity contribution in [3.63, 3.8) is 0 Å². The summed E-state index contributed by atoms with van der Waals surface area (Å²) in [5, 5.41) is 8.87. The summed E-state index contributed by atoms with van der Waals surface area (Å²) in [6, 6.07) is 7.32.